The summed E-state index contributed by atoms with van der Waals surface area (Å²) in [6.45, 7) is 4.24. The molecule has 1 atom stereocenters. The zero-order chi connectivity index (χ0) is 15.5. The molecule has 1 aromatic carbocycles. The first-order valence-electron chi connectivity index (χ1n) is 7.01. The number of hydrogen-bond acceptors (Lipinski definition) is 4. The quantitative estimate of drug-likeness (QED) is 0.864. The minimum atomic E-state index is -3.48. The van der Waals surface area contributed by atoms with Crippen LogP contribution < -0.4 is 5.32 Å². The van der Waals surface area contributed by atoms with E-state index in [4.69, 9.17) is 16.3 Å². The molecular weight excluding hydrogens is 312 g/mol. The van der Waals surface area contributed by atoms with Crippen LogP contribution in [0.25, 0.3) is 0 Å². The number of halogens is 1. The molecule has 0 amide bonds. The Morgan fingerprint density at radius 2 is 2.24 bits per heavy atom. The minimum Gasteiger partial charge on any atom is -0.380 e. The van der Waals surface area contributed by atoms with Gasteiger partial charge >= 0.3 is 0 Å². The number of nitrogens with one attached hydrogen (secondary N) is 1. The van der Waals surface area contributed by atoms with E-state index in [0.717, 1.165) is 18.5 Å². The summed E-state index contributed by atoms with van der Waals surface area (Å²) in [5.74, 6) is 0. The third kappa shape index (κ3) is 3.76. The predicted octanol–water partition coefficient (Wildman–Crippen LogP) is 1.86. The minimum absolute atomic E-state index is 0.0201. The van der Waals surface area contributed by atoms with Crippen molar-refractivity contribution in [2.45, 2.75) is 30.9 Å². The molecule has 118 valence electrons. The average Bonchev–Trinajstić information content (AvgIpc) is 2.96. The Balaban J connectivity index is 2.24. The van der Waals surface area contributed by atoms with Crippen molar-refractivity contribution in [3.8, 4) is 0 Å². The topological polar surface area (TPSA) is 58.6 Å². The molecule has 1 fully saturated rings. The molecule has 0 radical (unpaired) electrons. The largest absolute Gasteiger partial charge is 0.380 e. The fourth-order valence-corrected chi connectivity index (χ4v) is 4.09. The molecule has 0 aliphatic carbocycles. The molecule has 1 heterocycles. The molecule has 0 spiro atoms. The number of nitrogens with zero attached hydrogens (tertiary/aromatic N) is 1. The van der Waals surface area contributed by atoms with Gasteiger partial charge in [-0.1, -0.05) is 18.5 Å². The second-order valence-electron chi connectivity index (χ2n) is 5.04. The van der Waals surface area contributed by atoms with Gasteiger partial charge in [0.05, 0.1) is 11.0 Å². The number of sulfonamides is 1. The number of hydrogen-bond donors (Lipinski definition) is 1. The Kier molecular flexibility index (Phi) is 5.62. The molecule has 0 bridgehead atoms. The van der Waals surface area contributed by atoms with Gasteiger partial charge in [0.25, 0.3) is 0 Å². The highest BCUT2D eigenvalue weighted by Crippen LogP contribution is 2.26. The van der Waals surface area contributed by atoms with E-state index < -0.39 is 10.0 Å². The number of benzene rings is 1. The number of ether oxygens (including phenoxy) is 1. The average molecular weight is 333 g/mol. The molecular formula is C14H21ClN2O3S. The van der Waals surface area contributed by atoms with Crippen molar-refractivity contribution in [1.29, 1.82) is 0 Å². The predicted molar refractivity (Wildman–Crippen MR) is 83.0 cm³/mol. The van der Waals surface area contributed by atoms with E-state index in [0.29, 0.717) is 24.7 Å². The van der Waals surface area contributed by atoms with Crippen molar-refractivity contribution in [2.24, 2.45) is 0 Å². The first-order valence-corrected chi connectivity index (χ1v) is 8.83. The van der Waals surface area contributed by atoms with Crippen LogP contribution in [0.1, 0.15) is 18.9 Å². The Morgan fingerprint density at radius 1 is 1.48 bits per heavy atom. The van der Waals surface area contributed by atoms with E-state index in [-0.39, 0.29) is 11.0 Å². The van der Waals surface area contributed by atoms with E-state index in [2.05, 4.69) is 5.32 Å². The van der Waals surface area contributed by atoms with Gasteiger partial charge in [-0.15, -0.1) is 0 Å². The number of methoxy groups -OCH3 is 1. The van der Waals surface area contributed by atoms with Crippen molar-refractivity contribution in [1.82, 2.24) is 9.62 Å². The Labute approximate surface area is 131 Å². The van der Waals surface area contributed by atoms with Gasteiger partial charge in [0.1, 0.15) is 0 Å². The summed E-state index contributed by atoms with van der Waals surface area (Å²) < 4.78 is 32.0. The van der Waals surface area contributed by atoms with Crippen LogP contribution in [0.4, 0.5) is 0 Å². The Hall–Kier alpha value is -0.660. The maximum Gasteiger partial charge on any atom is 0.243 e. The summed E-state index contributed by atoms with van der Waals surface area (Å²) in [6.07, 6.45) is 0.710. The highest BCUT2D eigenvalue weighted by atomic mass is 35.5. The van der Waals surface area contributed by atoms with Gasteiger partial charge in [-0.3, -0.25) is 0 Å². The van der Waals surface area contributed by atoms with Crippen LogP contribution in [0.3, 0.4) is 0 Å². The lowest BCUT2D eigenvalue weighted by molar-refractivity contribution is 0.115. The van der Waals surface area contributed by atoms with Gasteiger partial charge in [0.15, 0.2) is 0 Å². The molecule has 0 aromatic heterocycles. The zero-order valence-electron chi connectivity index (χ0n) is 12.3. The highest BCUT2D eigenvalue weighted by Gasteiger charge is 2.32. The zero-order valence-corrected chi connectivity index (χ0v) is 13.9. The lowest BCUT2D eigenvalue weighted by Gasteiger charge is -2.17. The van der Waals surface area contributed by atoms with Crippen molar-refractivity contribution < 1.29 is 13.2 Å². The molecule has 1 N–H and O–H groups in total. The Morgan fingerprint density at radius 3 is 2.86 bits per heavy atom. The molecule has 1 aromatic rings. The maximum absolute atomic E-state index is 12.6. The van der Waals surface area contributed by atoms with Crippen molar-refractivity contribution in [3.63, 3.8) is 0 Å². The van der Waals surface area contributed by atoms with Gasteiger partial charge in [-0.2, -0.15) is 4.31 Å². The normalized spacial score (nSPS) is 20.0. The molecule has 1 aliphatic rings. The lowest BCUT2D eigenvalue weighted by Crippen LogP contribution is -2.30. The van der Waals surface area contributed by atoms with E-state index in [1.54, 1.807) is 25.3 Å². The van der Waals surface area contributed by atoms with Crippen LogP contribution in [0, 0.1) is 0 Å². The van der Waals surface area contributed by atoms with Crippen LogP contribution >= 0.6 is 11.6 Å². The molecule has 1 aliphatic heterocycles. The molecule has 1 saturated heterocycles. The second-order valence-corrected chi connectivity index (χ2v) is 7.39. The SMILES string of the molecule is CCNCc1cc(S(=O)(=O)N2CCC(OC)C2)ccc1Cl. The van der Waals surface area contributed by atoms with E-state index in [1.807, 2.05) is 6.92 Å². The van der Waals surface area contributed by atoms with Crippen LogP contribution in [-0.4, -0.2) is 45.6 Å². The van der Waals surface area contributed by atoms with Gasteiger partial charge in [-0.25, -0.2) is 8.42 Å². The van der Waals surface area contributed by atoms with Crippen LogP contribution in [-0.2, 0) is 21.3 Å². The first-order chi connectivity index (χ1) is 9.98. The third-order valence-corrected chi connectivity index (χ3v) is 5.89. The van der Waals surface area contributed by atoms with Gasteiger partial charge < -0.3 is 10.1 Å². The molecule has 7 heteroatoms. The summed E-state index contributed by atoms with van der Waals surface area (Å²) in [4.78, 5) is 0.288. The van der Waals surface area contributed by atoms with Crippen molar-refractivity contribution in [3.05, 3.63) is 28.8 Å². The third-order valence-electron chi connectivity index (χ3n) is 3.66. The monoisotopic (exact) mass is 332 g/mol. The van der Waals surface area contributed by atoms with Gasteiger partial charge in [0, 0.05) is 31.8 Å². The molecule has 5 nitrogen and oxygen atoms in total. The molecule has 21 heavy (non-hydrogen) atoms. The molecule has 2 rings (SSSR count). The Bertz CT molecular complexity index is 592. The van der Waals surface area contributed by atoms with E-state index in [1.165, 1.54) is 4.31 Å². The summed E-state index contributed by atoms with van der Waals surface area (Å²) in [5.41, 5.74) is 0.794. The van der Waals surface area contributed by atoms with E-state index >= 15 is 0 Å². The van der Waals surface area contributed by atoms with Crippen molar-refractivity contribution in [2.75, 3.05) is 26.7 Å². The summed E-state index contributed by atoms with van der Waals surface area (Å²) in [7, 11) is -1.87. The fourth-order valence-electron chi connectivity index (χ4n) is 2.36. The molecule has 1 unspecified atom stereocenters. The fraction of sp³-hybridized carbons (Fsp3) is 0.571. The second kappa shape index (κ2) is 7.07. The van der Waals surface area contributed by atoms with Gasteiger partial charge in [0.2, 0.25) is 10.0 Å². The number of rotatable bonds is 6. The maximum atomic E-state index is 12.6. The molecule has 0 saturated carbocycles. The summed E-state index contributed by atoms with van der Waals surface area (Å²) in [6, 6.07) is 4.86. The van der Waals surface area contributed by atoms with Gasteiger partial charge in [-0.05, 0) is 36.7 Å². The highest BCUT2D eigenvalue weighted by molar-refractivity contribution is 7.89. The van der Waals surface area contributed by atoms with Crippen LogP contribution in [0.5, 0.6) is 0 Å². The smallest absolute Gasteiger partial charge is 0.243 e. The first kappa shape index (κ1) is 16.7. The van der Waals surface area contributed by atoms with Crippen LogP contribution in [0.2, 0.25) is 5.02 Å². The van der Waals surface area contributed by atoms with Crippen LogP contribution in [0.15, 0.2) is 23.1 Å². The summed E-state index contributed by atoms with van der Waals surface area (Å²) in [5, 5.41) is 3.73. The standard InChI is InChI=1S/C14H21ClN2O3S/c1-3-16-9-11-8-13(4-5-14(11)15)21(18,19)17-7-6-12(10-17)20-2/h4-5,8,12,16H,3,6-7,9-10H2,1-2H3. The summed E-state index contributed by atoms with van der Waals surface area (Å²) >= 11 is 6.12. The van der Waals surface area contributed by atoms with Crippen molar-refractivity contribution >= 4 is 21.6 Å². The van der Waals surface area contributed by atoms with E-state index in [9.17, 15) is 8.42 Å². The lowest BCUT2D eigenvalue weighted by atomic mass is 10.2.